The topological polar surface area (TPSA) is 56.3 Å². The molecule has 0 amide bonds. The van der Waals surface area contributed by atoms with Crippen molar-refractivity contribution in [2.45, 2.75) is 6.42 Å². The maximum absolute atomic E-state index is 12.0. The molecular weight excluding hydrogens is 243 g/mol. The first-order valence-corrected chi connectivity index (χ1v) is 4.98. The molecule has 1 aromatic rings. The van der Waals surface area contributed by atoms with Gasteiger partial charge in [-0.3, -0.25) is 9.78 Å². The van der Waals surface area contributed by atoms with Gasteiger partial charge in [0, 0.05) is 30.1 Å². The minimum Gasteiger partial charge on any atom is -0.860 e. The molecule has 0 saturated heterocycles. The standard InChI is InChI=1S/C12H12N2O2.K/c1-2-14-7-5-10(12(14)16)11(15)9-4-3-6-13-8-9;/h2-4,6,8,16H,1,5,7H2;/q;+1/p-1. The first-order valence-electron chi connectivity index (χ1n) is 4.98. The number of Topliss-reactive ketones (excluding diaryl/α,β-unsaturated/α-hetero) is 1. The van der Waals surface area contributed by atoms with Gasteiger partial charge in [-0.1, -0.05) is 6.58 Å². The summed E-state index contributed by atoms with van der Waals surface area (Å²) in [6.45, 7) is 4.06. The van der Waals surface area contributed by atoms with Gasteiger partial charge in [-0.25, -0.2) is 0 Å². The van der Waals surface area contributed by atoms with Gasteiger partial charge < -0.3 is 10.0 Å². The number of nitrogens with zero attached hydrogens (tertiary/aromatic N) is 2. The summed E-state index contributed by atoms with van der Waals surface area (Å²) in [7, 11) is 0. The molecule has 1 aliphatic rings. The number of aromatic nitrogens is 1. The van der Waals surface area contributed by atoms with Crippen LogP contribution in [0.1, 0.15) is 16.8 Å². The van der Waals surface area contributed by atoms with Crippen molar-refractivity contribution in [3.05, 3.63) is 54.3 Å². The zero-order chi connectivity index (χ0) is 11.5. The van der Waals surface area contributed by atoms with Gasteiger partial charge in [-0.15, -0.1) is 0 Å². The van der Waals surface area contributed by atoms with Crippen LogP contribution in [0.5, 0.6) is 0 Å². The van der Waals surface area contributed by atoms with E-state index in [1.807, 2.05) is 0 Å². The van der Waals surface area contributed by atoms with E-state index in [0.717, 1.165) is 0 Å². The number of carbonyl (C=O) groups is 1. The maximum Gasteiger partial charge on any atom is 1.00 e. The molecule has 0 atom stereocenters. The van der Waals surface area contributed by atoms with Crippen LogP contribution in [0.4, 0.5) is 0 Å². The summed E-state index contributed by atoms with van der Waals surface area (Å²) in [4.78, 5) is 17.3. The Morgan fingerprint density at radius 1 is 1.59 bits per heavy atom. The molecule has 0 unspecified atom stereocenters. The van der Waals surface area contributed by atoms with Crippen LogP contribution in [0.25, 0.3) is 0 Å². The molecule has 0 bridgehead atoms. The predicted molar refractivity (Wildman–Crippen MR) is 57.1 cm³/mol. The van der Waals surface area contributed by atoms with Crippen molar-refractivity contribution in [1.29, 1.82) is 0 Å². The van der Waals surface area contributed by atoms with Crippen LogP contribution in [-0.2, 0) is 0 Å². The zero-order valence-electron chi connectivity index (χ0n) is 9.72. The summed E-state index contributed by atoms with van der Waals surface area (Å²) in [5.74, 6) is -0.480. The fraction of sp³-hybridized carbons (Fsp3) is 0.167. The van der Waals surface area contributed by atoms with Crippen molar-refractivity contribution in [3.63, 3.8) is 0 Å². The molecule has 0 spiro atoms. The maximum atomic E-state index is 12.0. The number of rotatable bonds is 3. The number of carbonyl (C=O) groups excluding carboxylic acids is 1. The van der Waals surface area contributed by atoms with E-state index in [1.165, 1.54) is 17.3 Å². The second-order valence-corrected chi connectivity index (χ2v) is 3.48. The third kappa shape index (κ3) is 3.05. The Morgan fingerprint density at radius 3 is 2.88 bits per heavy atom. The van der Waals surface area contributed by atoms with Gasteiger partial charge in [0.25, 0.3) is 0 Å². The largest absolute Gasteiger partial charge is 1.00 e. The van der Waals surface area contributed by atoms with Crippen molar-refractivity contribution >= 4 is 5.78 Å². The first kappa shape index (κ1) is 14.6. The Kier molecular flexibility index (Phi) is 5.55. The second-order valence-electron chi connectivity index (χ2n) is 3.48. The number of pyridine rings is 1. The molecule has 82 valence electrons. The van der Waals surface area contributed by atoms with Crippen LogP contribution in [0.15, 0.2) is 48.8 Å². The third-order valence-corrected chi connectivity index (χ3v) is 2.54. The summed E-state index contributed by atoms with van der Waals surface area (Å²) in [6.07, 6.45) is 4.98. The van der Waals surface area contributed by atoms with Gasteiger partial charge in [0.15, 0.2) is 5.78 Å². The molecule has 2 heterocycles. The van der Waals surface area contributed by atoms with Crippen LogP contribution in [0, 0.1) is 0 Å². The van der Waals surface area contributed by atoms with Gasteiger partial charge >= 0.3 is 51.4 Å². The molecule has 0 N–H and O–H groups in total. The van der Waals surface area contributed by atoms with E-state index >= 15 is 0 Å². The summed E-state index contributed by atoms with van der Waals surface area (Å²) in [5, 5.41) is 11.7. The fourth-order valence-corrected chi connectivity index (χ4v) is 1.67. The van der Waals surface area contributed by atoms with Crippen LogP contribution >= 0.6 is 0 Å². The summed E-state index contributed by atoms with van der Waals surface area (Å²) < 4.78 is 0. The Morgan fingerprint density at radius 2 is 2.35 bits per heavy atom. The first-order chi connectivity index (χ1) is 7.74. The van der Waals surface area contributed by atoms with Crippen molar-refractivity contribution < 1.29 is 61.3 Å². The van der Waals surface area contributed by atoms with Gasteiger partial charge in [0.2, 0.25) is 0 Å². The number of hydrogen-bond donors (Lipinski definition) is 0. The Bertz CT molecular complexity index is 457. The molecule has 4 nitrogen and oxygen atoms in total. The van der Waals surface area contributed by atoms with Crippen LogP contribution in [0.3, 0.4) is 0 Å². The van der Waals surface area contributed by atoms with Crippen molar-refractivity contribution in [2.75, 3.05) is 6.54 Å². The van der Waals surface area contributed by atoms with Crippen molar-refractivity contribution in [3.8, 4) is 0 Å². The van der Waals surface area contributed by atoms with Gasteiger partial charge in [0.05, 0.1) is 0 Å². The van der Waals surface area contributed by atoms with E-state index < -0.39 is 0 Å². The molecule has 5 heteroatoms. The van der Waals surface area contributed by atoms with E-state index in [0.29, 0.717) is 24.1 Å². The normalized spacial score (nSPS) is 14.5. The summed E-state index contributed by atoms with van der Waals surface area (Å²) >= 11 is 0. The molecule has 17 heavy (non-hydrogen) atoms. The van der Waals surface area contributed by atoms with Crippen molar-refractivity contribution in [1.82, 2.24) is 9.88 Å². The Hall–Kier alpha value is -0.464. The smallest absolute Gasteiger partial charge is 0.860 e. The molecule has 0 radical (unpaired) electrons. The van der Waals surface area contributed by atoms with Crippen molar-refractivity contribution in [2.24, 2.45) is 0 Å². The van der Waals surface area contributed by atoms with E-state index in [-0.39, 0.29) is 63.1 Å². The molecule has 0 aliphatic carbocycles. The fourth-order valence-electron chi connectivity index (χ4n) is 1.67. The predicted octanol–water partition coefficient (Wildman–Crippen LogP) is -2.31. The molecular formula is C12H11KN2O2. The number of ketones is 1. The molecule has 2 rings (SSSR count). The van der Waals surface area contributed by atoms with Gasteiger partial charge in [0.1, 0.15) is 0 Å². The second kappa shape index (κ2) is 6.46. The molecule has 0 fully saturated rings. The monoisotopic (exact) mass is 254 g/mol. The van der Waals surface area contributed by atoms with E-state index in [1.54, 1.807) is 18.3 Å². The molecule has 0 saturated carbocycles. The minimum atomic E-state index is -0.246. The van der Waals surface area contributed by atoms with Crippen LogP contribution in [0.2, 0.25) is 0 Å². The SMILES string of the molecule is C=CN1CCC(C(=O)c2cccnc2)=C1[O-].[K+]. The summed E-state index contributed by atoms with van der Waals surface area (Å²) in [5.41, 5.74) is 0.768. The average molecular weight is 254 g/mol. The Balaban J connectivity index is 0.00000144. The van der Waals surface area contributed by atoms with Crippen LogP contribution in [-0.4, -0.2) is 22.2 Å². The zero-order valence-corrected chi connectivity index (χ0v) is 12.8. The average Bonchev–Trinajstić information content (AvgIpc) is 2.70. The minimum absolute atomic E-state index is 0. The summed E-state index contributed by atoms with van der Waals surface area (Å²) in [6, 6.07) is 3.34. The third-order valence-electron chi connectivity index (χ3n) is 2.54. The molecule has 0 aromatic carbocycles. The van der Waals surface area contributed by atoms with E-state index in [9.17, 15) is 9.90 Å². The van der Waals surface area contributed by atoms with Crippen LogP contribution < -0.4 is 56.5 Å². The van der Waals surface area contributed by atoms with Gasteiger partial charge in [-0.05, 0) is 30.6 Å². The molecule has 1 aromatic heterocycles. The number of hydrogen-bond acceptors (Lipinski definition) is 4. The molecule has 1 aliphatic heterocycles. The Labute approximate surface area is 142 Å². The van der Waals surface area contributed by atoms with Gasteiger partial charge in [-0.2, -0.15) is 0 Å². The van der Waals surface area contributed by atoms with E-state index in [2.05, 4.69) is 11.6 Å². The quantitative estimate of drug-likeness (QED) is 0.449. The van der Waals surface area contributed by atoms with E-state index in [4.69, 9.17) is 0 Å².